The van der Waals surface area contributed by atoms with Crippen LogP contribution in [0.2, 0.25) is 0 Å². The normalized spacial score (nSPS) is 11.2. The number of benzene rings is 3. The van der Waals surface area contributed by atoms with Crippen LogP contribution in [0.1, 0.15) is 11.1 Å². The summed E-state index contributed by atoms with van der Waals surface area (Å²) in [5, 5.41) is 0. The molecule has 0 radical (unpaired) electrons. The van der Waals surface area contributed by atoms with Gasteiger partial charge in [-0.1, -0.05) is 35.9 Å². The third-order valence-electron chi connectivity index (χ3n) is 4.23. The van der Waals surface area contributed by atoms with E-state index in [1.807, 2.05) is 37.3 Å². The Morgan fingerprint density at radius 3 is 2.19 bits per heavy atom. The molecule has 0 spiro atoms. The van der Waals surface area contributed by atoms with E-state index in [1.165, 1.54) is 16.4 Å². The molecule has 0 aromatic heterocycles. The third kappa shape index (κ3) is 4.11. The van der Waals surface area contributed by atoms with Gasteiger partial charge in [-0.25, -0.2) is 12.8 Å². The first-order chi connectivity index (χ1) is 12.9. The van der Waals surface area contributed by atoms with Crippen LogP contribution in [0.5, 0.6) is 5.75 Å². The second-order valence-corrected chi connectivity index (χ2v) is 7.98. The van der Waals surface area contributed by atoms with Gasteiger partial charge in [-0.2, -0.15) is 0 Å². The summed E-state index contributed by atoms with van der Waals surface area (Å²) in [6.45, 7) is 2.02. The van der Waals surface area contributed by atoms with E-state index in [4.69, 9.17) is 4.74 Å². The van der Waals surface area contributed by atoms with Gasteiger partial charge < -0.3 is 4.74 Å². The zero-order chi connectivity index (χ0) is 19.4. The minimum absolute atomic E-state index is 0.0272. The van der Waals surface area contributed by atoms with Crippen molar-refractivity contribution in [2.24, 2.45) is 0 Å². The number of anilines is 1. The minimum Gasteiger partial charge on any atom is -0.496 e. The molecular formula is C21H20FNO3S. The molecule has 0 heterocycles. The number of para-hydroxylation sites is 1. The fourth-order valence-corrected chi connectivity index (χ4v) is 4.19. The summed E-state index contributed by atoms with van der Waals surface area (Å²) in [5.74, 6) is 0.115. The predicted octanol–water partition coefficient (Wildman–Crippen LogP) is 4.54. The zero-order valence-corrected chi connectivity index (χ0v) is 15.9. The van der Waals surface area contributed by atoms with Crippen LogP contribution in [0.25, 0.3) is 0 Å². The Hall–Kier alpha value is -2.86. The van der Waals surface area contributed by atoms with Crippen LogP contribution in [-0.2, 0) is 16.6 Å². The zero-order valence-electron chi connectivity index (χ0n) is 15.1. The van der Waals surface area contributed by atoms with Crippen molar-refractivity contribution >= 4 is 15.7 Å². The number of sulfonamides is 1. The van der Waals surface area contributed by atoms with Crippen LogP contribution >= 0.6 is 0 Å². The molecule has 0 aliphatic carbocycles. The van der Waals surface area contributed by atoms with Crippen LogP contribution in [0, 0.1) is 12.7 Å². The number of methoxy groups -OCH3 is 1. The van der Waals surface area contributed by atoms with Gasteiger partial charge in [0, 0.05) is 5.56 Å². The lowest BCUT2D eigenvalue weighted by molar-refractivity contribution is 0.410. The minimum atomic E-state index is -3.90. The van der Waals surface area contributed by atoms with Gasteiger partial charge in [0.25, 0.3) is 10.0 Å². The molecule has 27 heavy (non-hydrogen) atoms. The number of aryl methyl sites for hydroxylation is 1. The lowest BCUT2D eigenvalue weighted by Gasteiger charge is -2.25. The standard InChI is InChI=1S/C21H20FNO3S/c1-16-7-11-19(12-8-16)23(15-17-5-3-4-6-21(17)26-2)27(24,25)20-13-9-18(22)10-14-20/h3-14H,15H2,1-2H3. The number of nitrogens with zero attached hydrogens (tertiary/aromatic N) is 1. The van der Waals surface area contributed by atoms with E-state index in [-0.39, 0.29) is 11.4 Å². The summed E-state index contributed by atoms with van der Waals surface area (Å²) < 4.78 is 46.5. The molecule has 6 heteroatoms. The second kappa shape index (κ2) is 7.80. The molecule has 3 aromatic carbocycles. The molecule has 3 aromatic rings. The molecule has 0 N–H and O–H groups in total. The summed E-state index contributed by atoms with van der Waals surface area (Å²) in [4.78, 5) is 0.0272. The molecule has 140 valence electrons. The van der Waals surface area contributed by atoms with Crippen molar-refractivity contribution in [3.05, 3.63) is 89.7 Å². The first-order valence-corrected chi connectivity index (χ1v) is 9.82. The van der Waals surface area contributed by atoms with E-state index in [0.29, 0.717) is 11.4 Å². The van der Waals surface area contributed by atoms with Crippen LogP contribution in [-0.4, -0.2) is 15.5 Å². The summed E-state index contributed by atoms with van der Waals surface area (Å²) in [6.07, 6.45) is 0. The molecule has 0 aliphatic rings. The largest absolute Gasteiger partial charge is 0.496 e. The van der Waals surface area contributed by atoms with Crippen molar-refractivity contribution in [1.29, 1.82) is 0 Å². The van der Waals surface area contributed by atoms with Crippen LogP contribution in [0.15, 0.2) is 77.7 Å². The van der Waals surface area contributed by atoms with Gasteiger partial charge in [0.05, 0.1) is 24.2 Å². The summed E-state index contributed by atoms with van der Waals surface area (Å²) >= 11 is 0. The van der Waals surface area contributed by atoms with Crippen molar-refractivity contribution < 1.29 is 17.5 Å². The first kappa shape index (κ1) is 18.9. The Kier molecular flexibility index (Phi) is 5.46. The fraction of sp³-hybridized carbons (Fsp3) is 0.143. The molecule has 0 atom stereocenters. The van der Waals surface area contributed by atoms with E-state index in [0.717, 1.165) is 23.3 Å². The van der Waals surface area contributed by atoms with Crippen molar-refractivity contribution in [2.45, 2.75) is 18.4 Å². The molecule has 0 amide bonds. The summed E-state index contributed by atoms with van der Waals surface area (Å²) in [7, 11) is -2.35. The van der Waals surface area contributed by atoms with Gasteiger partial charge in [0.1, 0.15) is 11.6 Å². The topological polar surface area (TPSA) is 46.6 Å². The Morgan fingerprint density at radius 2 is 1.56 bits per heavy atom. The molecular weight excluding hydrogens is 365 g/mol. The number of hydrogen-bond donors (Lipinski definition) is 0. The Balaban J connectivity index is 2.09. The predicted molar refractivity (Wildman–Crippen MR) is 104 cm³/mol. The van der Waals surface area contributed by atoms with Gasteiger partial charge in [-0.3, -0.25) is 4.31 Å². The molecule has 0 unspecified atom stereocenters. The maximum atomic E-state index is 13.3. The van der Waals surface area contributed by atoms with Gasteiger partial charge in [-0.05, 0) is 49.4 Å². The highest BCUT2D eigenvalue weighted by atomic mass is 32.2. The van der Waals surface area contributed by atoms with E-state index in [2.05, 4.69) is 0 Å². The van der Waals surface area contributed by atoms with Crippen LogP contribution in [0.3, 0.4) is 0 Å². The van der Waals surface area contributed by atoms with Crippen molar-refractivity contribution in [1.82, 2.24) is 0 Å². The van der Waals surface area contributed by atoms with Crippen LogP contribution in [0.4, 0.5) is 10.1 Å². The average molecular weight is 385 g/mol. The molecule has 3 rings (SSSR count). The average Bonchev–Trinajstić information content (AvgIpc) is 2.67. The lowest BCUT2D eigenvalue weighted by atomic mass is 10.2. The number of ether oxygens (including phenoxy) is 1. The van der Waals surface area contributed by atoms with Crippen LogP contribution < -0.4 is 9.04 Å². The number of hydrogen-bond acceptors (Lipinski definition) is 3. The molecule has 4 nitrogen and oxygen atoms in total. The van der Waals surface area contributed by atoms with E-state index in [1.54, 1.807) is 25.3 Å². The molecule has 0 fully saturated rings. The fourth-order valence-electron chi connectivity index (χ4n) is 2.75. The maximum absolute atomic E-state index is 13.3. The first-order valence-electron chi connectivity index (χ1n) is 8.38. The monoisotopic (exact) mass is 385 g/mol. The second-order valence-electron chi connectivity index (χ2n) is 6.11. The lowest BCUT2D eigenvalue weighted by Crippen LogP contribution is -2.30. The number of halogens is 1. The molecule has 0 aliphatic heterocycles. The van der Waals surface area contributed by atoms with Crippen molar-refractivity contribution in [3.63, 3.8) is 0 Å². The Bertz CT molecular complexity index is 1020. The van der Waals surface area contributed by atoms with Crippen molar-refractivity contribution in [3.8, 4) is 5.75 Å². The Labute approximate surface area is 158 Å². The smallest absolute Gasteiger partial charge is 0.264 e. The molecule has 0 saturated heterocycles. The highest BCUT2D eigenvalue weighted by Gasteiger charge is 2.26. The quantitative estimate of drug-likeness (QED) is 0.626. The third-order valence-corrected chi connectivity index (χ3v) is 6.02. The van der Waals surface area contributed by atoms with E-state index >= 15 is 0 Å². The van der Waals surface area contributed by atoms with Gasteiger partial charge >= 0.3 is 0 Å². The highest BCUT2D eigenvalue weighted by molar-refractivity contribution is 7.92. The van der Waals surface area contributed by atoms with Gasteiger partial charge in [0.15, 0.2) is 0 Å². The van der Waals surface area contributed by atoms with E-state index in [9.17, 15) is 12.8 Å². The summed E-state index contributed by atoms with van der Waals surface area (Å²) in [6, 6.07) is 19.3. The van der Waals surface area contributed by atoms with Crippen molar-refractivity contribution in [2.75, 3.05) is 11.4 Å². The van der Waals surface area contributed by atoms with Gasteiger partial charge in [-0.15, -0.1) is 0 Å². The maximum Gasteiger partial charge on any atom is 0.264 e. The molecule has 0 bridgehead atoms. The van der Waals surface area contributed by atoms with Gasteiger partial charge in [0.2, 0.25) is 0 Å². The Morgan fingerprint density at radius 1 is 0.926 bits per heavy atom. The SMILES string of the molecule is COc1ccccc1CN(c1ccc(C)cc1)S(=O)(=O)c1ccc(F)cc1. The van der Waals surface area contributed by atoms with E-state index < -0.39 is 15.8 Å². The summed E-state index contributed by atoms with van der Waals surface area (Å²) in [5.41, 5.74) is 2.28. The highest BCUT2D eigenvalue weighted by Crippen LogP contribution is 2.29. The number of rotatable bonds is 6. The molecule has 0 saturated carbocycles.